The number of hydrogen-bond acceptors (Lipinski definition) is 3. The molecule has 1 unspecified atom stereocenters. The first-order chi connectivity index (χ1) is 11.6. The summed E-state index contributed by atoms with van der Waals surface area (Å²) in [4.78, 5) is 23.1. The van der Waals surface area contributed by atoms with Gasteiger partial charge in [0.05, 0.1) is 0 Å². The summed E-state index contributed by atoms with van der Waals surface area (Å²) in [6.45, 7) is 14.8. The van der Waals surface area contributed by atoms with Crippen LogP contribution >= 0.6 is 24.0 Å². The summed E-state index contributed by atoms with van der Waals surface area (Å²) < 4.78 is 0. The lowest BCUT2D eigenvalue weighted by molar-refractivity contribution is -0.130. The van der Waals surface area contributed by atoms with Crippen molar-refractivity contribution in [1.82, 2.24) is 20.0 Å². The van der Waals surface area contributed by atoms with Crippen LogP contribution < -0.4 is 5.32 Å². The summed E-state index contributed by atoms with van der Waals surface area (Å²) in [6.07, 6.45) is 4.08. The molecule has 0 spiro atoms. The quantitative estimate of drug-likeness (QED) is 0.383. The maximum Gasteiger partial charge on any atom is 0.219 e. The fraction of sp³-hybridized carbons (Fsp3) is 0.889. The number of likely N-dealkylation sites (tertiary alicyclic amines) is 1. The van der Waals surface area contributed by atoms with Gasteiger partial charge in [-0.2, -0.15) is 0 Å². The molecule has 2 rings (SSSR count). The number of piperidine rings is 1. The van der Waals surface area contributed by atoms with Gasteiger partial charge in [-0.25, -0.2) is 0 Å². The van der Waals surface area contributed by atoms with Crippen LogP contribution in [0.3, 0.4) is 0 Å². The molecule has 0 aromatic heterocycles. The molecule has 0 aromatic carbocycles. The Morgan fingerprint density at radius 1 is 1.04 bits per heavy atom. The van der Waals surface area contributed by atoms with Crippen LogP contribution in [0.25, 0.3) is 0 Å². The van der Waals surface area contributed by atoms with Crippen molar-refractivity contribution in [2.24, 2.45) is 10.9 Å². The topological polar surface area (TPSA) is 51.2 Å². The summed E-state index contributed by atoms with van der Waals surface area (Å²) >= 11 is 0. The number of hydrogen-bond donors (Lipinski definition) is 1. The summed E-state index contributed by atoms with van der Waals surface area (Å²) in [5, 5.41) is 3.41. The normalized spacial score (nSPS) is 20.8. The largest absolute Gasteiger partial charge is 0.357 e. The van der Waals surface area contributed by atoms with Crippen molar-refractivity contribution in [3.63, 3.8) is 0 Å². The van der Waals surface area contributed by atoms with E-state index in [0.717, 1.165) is 51.8 Å². The Labute approximate surface area is 170 Å². The van der Waals surface area contributed by atoms with Crippen molar-refractivity contribution < 1.29 is 4.79 Å². The molecule has 0 aromatic rings. The molecule has 0 aliphatic carbocycles. The molecule has 1 atom stereocenters. The van der Waals surface area contributed by atoms with E-state index in [1.807, 2.05) is 4.90 Å². The first kappa shape index (κ1) is 22.5. The van der Waals surface area contributed by atoms with E-state index in [-0.39, 0.29) is 29.9 Å². The van der Waals surface area contributed by atoms with Crippen LogP contribution in [0.15, 0.2) is 4.99 Å². The highest BCUT2D eigenvalue weighted by Gasteiger charge is 2.21. The number of halogens is 1. The van der Waals surface area contributed by atoms with E-state index in [9.17, 15) is 4.79 Å². The first-order valence-electron chi connectivity index (χ1n) is 9.61. The number of amides is 1. The van der Waals surface area contributed by atoms with Gasteiger partial charge in [0.25, 0.3) is 0 Å². The van der Waals surface area contributed by atoms with Crippen LogP contribution in [0.4, 0.5) is 0 Å². The molecular formula is C18H36IN5O. The predicted molar refractivity (Wildman–Crippen MR) is 115 cm³/mol. The van der Waals surface area contributed by atoms with E-state index in [1.54, 1.807) is 6.92 Å². The van der Waals surface area contributed by atoms with Crippen LogP contribution in [0.5, 0.6) is 0 Å². The van der Waals surface area contributed by atoms with E-state index in [0.29, 0.717) is 5.92 Å². The lowest BCUT2D eigenvalue weighted by Gasteiger charge is -2.36. The second-order valence-corrected chi connectivity index (χ2v) is 7.15. The summed E-state index contributed by atoms with van der Waals surface area (Å²) in [5.41, 5.74) is 0. The van der Waals surface area contributed by atoms with Crippen molar-refractivity contribution in [1.29, 1.82) is 0 Å². The predicted octanol–water partition coefficient (Wildman–Crippen LogP) is 1.86. The highest BCUT2D eigenvalue weighted by molar-refractivity contribution is 14.0. The van der Waals surface area contributed by atoms with Crippen LogP contribution in [-0.4, -0.2) is 85.5 Å². The van der Waals surface area contributed by atoms with Gasteiger partial charge in [-0.15, -0.1) is 24.0 Å². The molecule has 6 nitrogen and oxygen atoms in total. The standard InChI is InChI=1S/C18H35N5O.HI/c1-4-19-18(23-12-10-22(11-13-23)17(3)24)20-14-16(2)15-21-8-6-5-7-9-21;/h16H,4-15H2,1-3H3,(H,19,20);1H. The van der Waals surface area contributed by atoms with Crippen molar-refractivity contribution in [3.8, 4) is 0 Å². The maximum absolute atomic E-state index is 11.5. The minimum Gasteiger partial charge on any atom is -0.357 e. The third-order valence-corrected chi connectivity index (χ3v) is 4.93. The van der Waals surface area contributed by atoms with Gasteiger partial charge in [0, 0.05) is 52.7 Å². The number of nitrogens with zero attached hydrogens (tertiary/aromatic N) is 4. The number of guanidine groups is 1. The fourth-order valence-electron chi connectivity index (χ4n) is 3.54. The Bertz CT molecular complexity index is 418. The molecule has 146 valence electrons. The van der Waals surface area contributed by atoms with Gasteiger partial charge in [0.1, 0.15) is 0 Å². The second-order valence-electron chi connectivity index (χ2n) is 7.15. The fourth-order valence-corrected chi connectivity index (χ4v) is 3.54. The molecule has 2 aliphatic heterocycles. The van der Waals surface area contributed by atoms with E-state index >= 15 is 0 Å². The van der Waals surface area contributed by atoms with Crippen LogP contribution in [0.1, 0.15) is 40.0 Å². The third kappa shape index (κ3) is 7.68. The molecule has 0 saturated carbocycles. The Morgan fingerprint density at radius 2 is 1.64 bits per heavy atom. The number of rotatable bonds is 5. The van der Waals surface area contributed by atoms with Crippen molar-refractivity contribution in [2.75, 3.05) is 58.9 Å². The van der Waals surface area contributed by atoms with Gasteiger partial charge in [-0.1, -0.05) is 13.3 Å². The number of nitrogens with one attached hydrogen (secondary N) is 1. The van der Waals surface area contributed by atoms with Gasteiger partial charge in [0.2, 0.25) is 5.91 Å². The Hall–Kier alpha value is -0.570. The minimum atomic E-state index is 0. The number of aliphatic imine (C=N–C) groups is 1. The number of piperazine rings is 1. The first-order valence-corrected chi connectivity index (χ1v) is 9.61. The molecule has 2 heterocycles. The molecule has 2 aliphatic rings. The molecular weight excluding hydrogens is 429 g/mol. The van der Waals surface area contributed by atoms with E-state index in [2.05, 4.69) is 29.0 Å². The lowest BCUT2D eigenvalue weighted by Crippen LogP contribution is -2.53. The minimum absolute atomic E-state index is 0. The van der Waals surface area contributed by atoms with Gasteiger partial charge in [-0.3, -0.25) is 9.79 Å². The molecule has 25 heavy (non-hydrogen) atoms. The number of carbonyl (C=O) groups excluding carboxylic acids is 1. The average molecular weight is 465 g/mol. The van der Waals surface area contributed by atoms with Crippen molar-refractivity contribution >= 4 is 35.8 Å². The van der Waals surface area contributed by atoms with Crippen LogP contribution in [-0.2, 0) is 4.79 Å². The van der Waals surface area contributed by atoms with Gasteiger partial charge >= 0.3 is 0 Å². The van der Waals surface area contributed by atoms with Gasteiger partial charge in [-0.05, 0) is 38.8 Å². The third-order valence-electron chi connectivity index (χ3n) is 4.93. The lowest BCUT2D eigenvalue weighted by atomic mass is 10.1. The SMILES string of the molecule is CCNC(=NCC(C)CN1CCCCC1)N1CCN(C(C)=O)CC1.I. The maximum atomic E-state index is 11.5. The van der Waals surface area contributed by atoms with E-state index in [1.165, 1.54) is 32.4 Å². The van der Waals surface area contributed by atoms with E-state index in [4.69, 9.17) is 4.99 Å². The zero-order valence-electron chi connectivity index (χ0n) is 16.2. The summed E-state index contributed by atoms with van der Waals surface area (Å²) in [7, 11) is 0. The van der Waals surface area contributed by atoms with Crippen LogP contribution in [0, 0.1) is 5.92 Å². The molecule has 2 saturated heterocycles. The zero-order valence-corrected chi connectivity index (χ0v) is 18.5. The molecule has 0 radical (unpaired) electrons. The number of carbonyl (C=O) groups is 1. The van der Waals surface area contributed by atoms with E-state index < -0.39 is 0 Å². The summed E-state index contributed by atoms with van der Waals surface area (Å²) in [6, 6.07) is 0. The van der Waals surface area contributed by atoms with Gasteiger partial charge in [0.15, 0.2) is 5.96 Å². The average Bonchev–Trinajstić information content (AvgIpc) is 2.59. The molecule has 1 N–H and O–H groups in total. The summed E-state index contributed by atoms with van der Waals surface area (Å²) in [5.74, 6) is 1.76. The highest BCUT2D eigenvalue weighted by atomic mass is 127. The molecule has 2 fully saturated rings. The monoisotopic (exact) mass is 465 g/mol. The zero-order chi connectivity index (χ0) is 17.4. The highest BCUT2D eigenvalue weighted by Crippen LogP contribution is 2.11. The van der Waals surface area contributed by atoms with Gasteiger partial charge < -0.3 is 20.0 Å². The second kappa shape index (κ2) is 11.9. The van der Waals surface area contributed by atoms with Crippen LogP contribution in [0.2, 0.25) is 0 Å². The van der Waals surface area contributed by atoms with Crippen molar-refractivity contribution in [3.05, 3.63) is 0 Å². The molecule has 1 amide bonds. The molecule has 7 heteroatoms. The Kier molecular flexibility index (Phi) is 10.7. The Morgan fingerprint density at radius 3 is 2.20 bits per heavy atom. The smallest absolute Gasteiger partial charge is 0.219 e. The van der Waals surface area contributed by atoms with Crippen molar-refractivity contribution in [2.45, 2.75) is 40.0 Å². The Balaban J connectivity index is 0.00000312. The molecule has 0 bridgehead atoms.